The Labute approximate surface area is 122 Å². The molecule has 6 heteroatoms. The highest BCUT2D eigenvalue weighted by Gasteiger charge is 2.10. The summed E-state index contributed by atoms with van der Waals surface area (Å²) in [6.45, 7) is 2.03. The van der Waals surface area contributed by atoms with E-state index < -0.39 is 0 Å². The average Bonchev–Trinajstić information content (AvgIpc) is 2.49. The summed E-state index contributed by atoms with van der Waals surface area (Å²) in [5, 5.41) is 2.70. The van der Waals surface area contributed by atoms with Crippen LogP contribution in [0.3, 0.4) is 0 Å². The molecule has 0 bridgehead atoms. The van der Waals surface area contributed by atoms with Crippen molar-refractivity contribution in [3.8, 4) is 0 Å². The molecule has 0 radical (unpaired) electrons. The van der Waals surface area contributed by atoms with Crippen molar-refractivity contribution >= 4 is 17.4 Å². The summed E-state index contributed by atoms with van der Waals surface area (Å²) in [5.74, 6) is 5.16. The normalized spacial score (nSPS) is 10.2. The first-order valence-corrected chi connectivity index (χ1v) is 6.67. The predicted molar refractivity (Wildman–Crippen MR) is 80.4 cm³/mol. The lowest BCUT2D eigenvalue weighted by Crippen LogP contribution is -2.15. The molecular weight excluding hydrogens is 271 g/mol. The molecule has 0 spiro atoms. The first-order valence-electron chi connectivity index (χ1n) is 6.67. The zero-order valence-corrected chi connectivity index (χ0v) is 11.7. The van der Waals surface area contributed by atoms with Gasteiger partial charge in [0.2, 0.25) is 0 Å². The topological polar surface area (TPSA) is 80.0 Å². The maximum absolute atomic E-state index is 12.8. The molecule has 1 amide bonds. The maximum atomic E-state index is 12.8. The highest BCUT2D eigenvalue weighted by Crippen LogP contribution is 2.14. The molecule has 0 unspecified atom stereocenters. The average molecular weight is 288 g/mol. The summed E-state index contributed by atoms with van der Waals surface area (Å²) < 4.78 is 12.8. The Morgan fingerprint density at radius 2 is 2.00 bits per heavy atom. The van der Waals surface area contributed by atoms with Gasteiger partial charge in [-0.15, -0.1) is 0 Å². The van der Waals surface area contributed by atoms with Crippen molar-refractivity contribution in [2.75, 3.05) is 10.7 Å². The molecule has 4 N–H and O–H groups in total. The molecule has 5 nitrogen and oxygen atoms in total. The van der Waals surface area contributed by atoms with Crippen molar-refractivity contribution in [3.05, 3.63) is 53.5 Å². The van der Waals surface area contributed by atoms with Gasteiger partial charge in [-0.1, -0.05) is 13.3 Å². The fourth-order valence-corrected chi connectivity index (χ4v) is 1.91. The third-order valence-electron chi connectivity index (χ3n) is 2.90. The van der Waals surface area contributed by atoms with Gasteiger partial charge in [-0.2, -0.15) is 0 Å². The lowest BCUT2D eigenvalue weighted by Gasteiger charge is -2.09. The number of carbonyl (C=O) groups is 1. The summed E-state index contributed by atoms with van der Waals surface area (Å²) in [5.41, 5.74) is 4.22. The van der Waals surface area contributed by atoms with Crippen LogP contribution in [-0.4, -0.2) is 10.9 Å². The standard InChI is InChI=1S/C15H17FN4O/c1-2-3-13-8-10(9-14(18-13)20-17)15(21)19-12-6-4-11(16)5-7-12/h4-9H,2-3,17H2,1H3,(H,18,20)(H,19,21). The number of anilines is 2. The number of aryl methyl sites for hydroxylation is 1. The van der Waals surface area contributed by atoms with Gasteiger partial charge in [-0.3, -0.25) is 4.79 Å². The van der Waals surface area contributed by atoms with Crippen molar-refractivity contribution in [2.45, 2.75) is 19.8 Å². The monoisotopic (exact) mass is 288 g/mol. The zero-order valence-electron chi connectivity index (χ0n) is 11.7. The highest BCUT2D eigenvalue weighted by atomic mass is 19.1. The third-order valence-corrected chi connectivity index (χ3v) is 2.90. The molecule has 1 aromatic heterocycles. The minimum Gasteiger partial charge on any atom is -0.322 e. The fraction of sp³-hybridized carbons (Fsp3) is 0.200. The number of nitrogens with one attached hydrogen (secondary N) is 2. The van der Waals surface area contributed by atoms with E-state index in [1.54, 1.807) is 12.1 Å². The predicted octanol–water partition coefficient (Wildman–Crippen LogP) is 2.71. The Bertz CT molecular complexity index is 628. The van der Waals surface area contributed by atoms with Crippen LogP contribution in [0, 0.1) is 5.82 Å². The van der Waals surface area contributed by atoms with E-state index in [0.717, 1.165) is 18.5 Å². The summed E-state index contributed by atoms with van der Waals surface area (Å²) in [7, 11) is 0. The SMILES string of the molecule is CCCc1cc(C(=O)Nc2ccc(F)cc2)cc(NN)n1. The molecule has 0 saturated carbocycles. The van der Waals surface area contributed by atoms with Crippen molar-refractivity contribution in [2.24, 2.45) is 5.84 Å². The fourth-order valence-electron chi connectivity index (χ4n) is 1.91. The van der Waals surface area contributed by atoms with Crippen LogP contribution in [0.5, 0.6) is 0 Å². The smallest absolute Gasteiger partial charge is 0.255 e. The second kappa shape index (κ2) is 6.81. The summed E-state index contributed by atoms with van der Waals surface area (Å²) in [6.07, 6.45) is 1.67. The van der Waals surface area contributed by atoms with Crippen molar-refractivity contribution in [3.63, 3.8) is 0 Å². The number of carbonyl (C=O) groups excluding carboxylic acids is 1. The molecule has 21 heavy (non-hydrogen) atoms. The van der Waals surface area contributed by atoms with E-state index in [1.807, 2.05) is 6.92 Å². The second-order valence-electron chi connectivity index (χ2n) is 4.59. The first-order chi connectivity index (χ1) is 10.1. The number of rotatable bonds is 5. The van der Waals surface area contributed by atoms with Gasteiger partial charge in [0, 0.05) is 16.9 Å². The number of amides is 1. The van der Waals surface area contributed by atoms with Crippen LogP contribution in [-0.2, 0) is 6.42 Å². The number of pyridine rings is 1. The van der Waals surface area contributed by atoms with Gasteiger partial charge in [0.05, 0.1) is 0 Å². The molecule has 1 heterocycles. The van der Waals surface area contributed by atoms with Crippen LogP contribution in [0.2, 0.25) is 0 Å². The quantitative estimate of drug-likeness (QED) is 0.584. The van der Waals surface area contributed by atoms with Gasteiger partial charge in [0.1, 0.15) is 11.6 Å². The molecular formula is C15H17FN4O. The van der Waals surface area contributed by atoms with Crippen LogP contribution >= 0.6 is 0 Å². The van der Waals surface area contributed by atoms with Gasteiger partial charge in [-0.05, 0) is 42.8 Å². The molecule has 0 aliphatic rings. The number of nitrogen functional groups attached to an aromatic ring is 1. The number of benzene rings is 1. The Morgan fingerprint density at radius 1 is 1.29 bits per heavy atom. The molecule has 110 valence electrons. The molecule has 2 rings (SSSR count). The first kappa shape index (κ1) is 14.9. The van der Waals surface area contributed by atoms with E-state index in [0.29, 0.717) is 17.1 Å². The molecule has 0 saturated heterocycles. The number of hydrogen-bond donors (Lipinski definition) is 3. The van der Waals surface area contributed by atoms with Crippen molar-refractivity contribution < 1.29 is 9.18 Å². The van der Waals surface area contributed by atoms with E-state index in [4.69, 9.17) is 5.84 Å². The van der Waals surface area contributed by atoms with Crippen LogP contribution in [0.4, 0.5) is 15.9 Å². The minimum atomic E-state index is -0.350. The molecule has 0 aliphatic carbocycles. The van der Waals surface area contributed by atoms with Crippen molar-refractivity contribution in [1.82, 2.24) is 4.98 Å². The maximum Gasteiger partial charge on any atom is 0.255 e. The zero-order chi connectivity index (χ0) is 15.2. The largest absolute Gasteiger partial charge is 0.322 e. The molecule has 1 aromatic carbocycles. The summed E-state index contributed by atoms with van der Waals surface area (Å²) >= 11 is 0. The number of nitrogens with zero attached hydrogens (tertiary/aromatic N) is 1. The molecule has 0 fully saturated rings. The van der Waals surface area contributed by atoms with Gasteiger partial charge in [0.25, 0.3) is 5.91 Å². The highest BCUT2D eigenvalue weighted by molar-refractivity contribution is 6.04. The van der Waals surface area contributed by atoms with Crippen LogP contribution in [0.25, 0.3) is 0 Å². The molecule has 0 aliphatic heterocycles. The van der Waals surface area contributed by atoms with E-state index >= 15 is 0 Å². The Morgan fingerprint density at radius 3 is 2.62 bits per heavy atom. The number of nitrogens with two attached hydrogens (primary N) is 1. The van der Waals surface area contributed by atoms with Crippen LogP contribution in [0.15, 0.2) is 36.4 Å². The van der Waals surface area contributed by atoms with Gasteiger partial charge in [-0.25, -0.2) is 15.2 Å². The minimum absolute atomic E-state index is 0.294. The van der Waals surface area contributed by atoms with Gasteiger partial charge < -0.3 is 10.7 Å². The second-order valence-corrected chi connectivity index (χ2v) is 4.59. The van der Waals surface area contributed by atoms with Gasteiger partial charge >= 0.3 is 0 Å². The third kappa shape index (κ3) is 4.00. The Hall–Kier alpha value is -2.47. The number of aromatic nitrogens is 1. The summed E-state index contributed by atoms with van der Waals surface area (Å²) in [4.78, 5) is 16.5. The van der Waals surface area contributed by atoms with Crippen LogP contribution < -0.4 is 16.6 Å². The lowest BCUT2D eigenvalue weighted by atomic mass is 10.1. The van der Waals surface area contributed by atoms with E-state index in [9.17, 15) is 9.18 Å². The van der Waals surface area contributed by atoms with E-state index in [1.165, 1.54) is 24.3 Å². The number of halogens is 1. The number of hydrogen-bond acceptors (Lipinski definition) is 4. The number of hydrazine groups is 1. The summed E-state index contributed by atoms with van der Waals surface area (Å²) in [6, 6.07) is 8.88. The Kier molecular flexibility index (Phi) is 4.84. The van der Waals surface area contributed by atoms with E-state index in [2.05, 4.69) is 15.7 Å². The lowest BCUT2D eigenvalue weighted by molar-refractivity contribution is 0.102. The molecule has 2 aromatic rings. The van der Waals surface area contributed by atoms with Crippen molar-refractivity contribution in [1.29, 1.82) is 0 Å². The van der Waals surface area contributed by atoms with E-state index in [-0.39, 0.29) is 11.7 Å². The Balaban J connectivity index is 2.21. The van der Waals surface area contributed by atoms with Crippen LogP contribution in [0.1, 0.15) is 29.4 Å². The van der Waals surface area contributed by atoms with Gasteiger partial charge in [0.15, 0.2) is 0 Å². The molecule has 0 atom stereocenters.